The van der Waals surface area contributed by atoms with Crippen molar-refractivity contribution < 1.29 is 17.9 Å². The van der Waals surface area contributed by atoms with E-state index in [0.717, 1.165) is 0 Å². The highest BCUT2D eigenvalue weighted by molar-refractivity contribution is 7.92. The van der Waals surface area contributed by atoms with Gasteiger partial charge in [0.15, 0.2) is 0 Å². The van der Waals surface area contributed by atoms with Crippen molar-refractivity contribution in [3.8, 4) is 0 Å². The van der Waals surface area contributed by atoms with E-state index in [9.17, 15) is 13.2 Å². The van der Waals surface area contributed by atoms with Crippen molar-refractivity contribution in [1.82, 2.24) is 4.57 Å². The van der Waals surface area contributed by atoms with Crippen LogP contribution in [-0.2, 0) is 26.1 Å². The summed E-state index contributed by atoms with van der Waals surface area (Å²) in [4.78, 5) is 11.6. The van der Waals surface area contributed by atoms with Gasteiger partial charge in [-0.1, -0.05) is 40.9 Å². The summed E-state index contributed by atoms with van der Waals surface area (Å²) < 4.78 is 34.8. The fourth-order valence-electron chi connectivity index (χ4n) is 2.86. The Kier molecular flexibility index (Phi) is 5.82. The summed E-state index contributed by atoms with van der Waals surface area (Å²) in [5.74, 6) is -0.470. The lowest BCUT2D eigenvalue weighted by Gasteiger charge is -2.11. The minimum absolute atomic E-state index is 0.0781. The van der Waals surface area contributed by atoms with Gasteiger partial charge in [0, 0.05) is 16.1 Å². The highest BCUT2D eigenvalue weighted by atomic mass is 35.5. The molecule has 6 nitrogen and oxygen atoms in total. The number of carbonyl (C=O) groups excluding carboxylic acids is 1. The molecule has 1 aromatic heterocycles. The molecule has 0 radical (unpaired) electrons. The molecule has 1 heterocycles. The van der Waals surface area contributed by atoms with E-state index in [2.05, 4.69) is 4.72 Å². The van der Waals surface area contributed by atoms with Crippen molar-refractivity contribution in [3.63, 3.8) is 0 Å². The first kappa shape index (κ1) is 20.8. The number of sulfonamides is 1. The van der Waals surface area contributed by atoms with Crippen molar-refractivity contribution in [1.29, 1.82) is 0 Å². The monoisotopic (exact) mass is 460 g/mol. The predicted molar refractivity (Wildman–Crippen MR) is 111 cm³/mol. The van der Waals surface area contributed by atoms with Gasteiger partial charge in [-0.2, -0.15) is 0 Å². The quantitative estimate of drug-likeness (QED) is 0.549. The van der Waals surface area contributed by atoms with E-state index in [1.807, 2.05) is 0 Å². The third-order valence-electron chi connectivity index (χ3n) is 4.24. The molecule has 1 N–H and O–H groups in total. The SMILES string of the molecule is COC(=O)Cn1c(C)c(NS(=O)(=O)c2cccc(Cl)c2Cl)c2cc(Cl)ccc21. The molecule has 0 unspecified atom stereocenters. The van der Waals surface area contributed by atoms with Crippen LogP contribution in [0.15, 0.2) is 41.3 Å². The van der Waals surface area contributed by atoms with Crippen molar-refractivity contribution >= 4 is 67.4 Å². The number of benzene rings is 2. The standard InChI is InChI=1S/C18H15Cl3N2O4S/c1-10-18(22-28(25,26)15-5-3-4-13(20)17(15)21)12-8-11(19)6-7-14(12)23(10)9-16(24)27-2/h3-8,22H,9H2,1-2H3. The molecule has 0 saturated carbocycles. The van der Waals surface area contributed by atoms with E-state index < -0.39 is 16.0 Å². The molecule has 0 atom stereocenters. The van der Waals surface area contributed by atoms with Crippen molar-refractivity contribution in [2.75, 3.05) is 11.8 Å². The van der Waals surface area contributed by atoms with Crippen LogP contribution in [0.4, 0.5) is 5.69 Å². The van der Waals surface area contributed by atoms with Crippen LogP contribution in [0, 0.1) is 6.92 Å². The molecular weight excluding hydrogens is 447 g/mol. The van der Waals surface area contributed by atoms with Crippen molar-refractivity contribution in [3.05, 3.63) is 57.2 Å². The van der Waals surface area contributed by atoms with Gasteiger partial charge in [-0.05, 0) is 37.3 Å². The highest BCUT2D eigenvalue weighted by Gasteiger charge is 2.24. The second-order valence-electron chi connectivity index (χ2n) is 5.94. The molecule has 0 aliphatic heterocycles. The summed E-state index contributed by atoms with van der Waals surface area (Å²) >= 11 is 18.1. The Morgan fingerprint density at radius 1 is 1.18 bits per heavy atom. The molecule has 10 heteroatoms. The number of methoxy groups -OCH3 is 1. The molecule has 0 fully saturated rings. The third-order valence-corrected chi connectivity index (χ3v) is 6.80. The Hall–Kier alpha value is -1.93. The summed E-state index contributed by atoms with van der Waals surface area (Å²) in [6.07, 6.45) is 0. The maximum absolute atomic E-state index is 13.0. The molecule has 2 aromatic carbocycles. The van der Waals surface area contributed by atoms with Crippen LogP contribution in [0.2, 0.25) is 15.1 Å². The molecule has 0 spiro atoms. The average Bonchev–Trinajstić information content (AvgIpc) is 2.88. The Labute approximate surface area is 177 Å². The molecule has 0 aliphatic rings. The van der Waals surface area contributed by atoms with Gasteiger partial charge in [0.05, 0.1) is 28.4 Å². The number of hydrogen-bond donors (Lipinski definition) is 1. The fraction of sp³-hybridized carbons (Fsp3) is 0.167. The van der Waals surface area contributed by atoms with Crippen molar-refractivity contribution in [2.24, 2.45) is 0 Å². The van der Waals surface area contributed by atoms with Gasteiger partial charge in [0.1, 0.15) is 11.4 Å². The van der Waals surface area contributed by atoms with E-state index >= 15 is 0 Å². The number of fused-ring (bicyclic) bond motifs is 1. The van der Waals surface area contributed by atoms with Crippen LogP contribution in [0.5, 0.6) is 0 Å². The van der Waals surface area contributed by atoms with Gasteiger partial charge in [0.25, 0.3) is 10.0 Å². The summed E-state index contributed by atoms with van der Waals surface area (Å²) in [5, 5.41) is 1.00. The van der Waals surface area contributed by atoms with Gasteiger partial charge in [-0.3, -0.25) is 9.52 Å². The zero-order valence-electron chi connectivity index (χ0n) is 14.8. The van der Waals surface area contributed by atoms with Crippen LogP contribution >= 0.6 is 34.8 Å². The van der Waals surface area contributed by atoms with E-state index in [4.69, 9.17) is 39.5 Å². The van der Waals surface area contributed by atoms with Crippen LogP contribution in [-0.4, -0.2) is 26.1 Å². The van der Waals surface area contributed by atoms with E-state index in [-0.39, 0.29) is 27.2 Å². The molecule has 148 valence electrons. The smallest absolute Gasteiger partial charge is 0.325 e. The van der Waals surface area contributed by atoms with Gasteiger partial charge >= 0.3 is 5.97 Å². The largest absolute Gasteiger partial charge is 0.468 e. The number of hydrogen-bond acceptors (Lipinski definition) is 4. The first-order valence-electron chi connectivity index (χ1n) is 7.97. The molecule has 3 aromatic rings. The fourth-order valence-corrected chi connectivity index (χ4v) is 4.93. The van der Waals surface area contributed by atoms with Crippen molar-refractivity contribution in [2.45, 2.75) is 18.4 Å². The summed E-state index contributed by atoms with van der Waals surface area (Å²) in [7, 11) is -2.77. The van der Waals surface area contributed by atoms with Crippen LogP contribution in [0.3, 0.4) is 0 Å². The molecular formula is C18H15Cl3N2O4S. The number of nitrogens with zero attached hydrogens (tertiary/aromatic N) is 1. The normalized spacial score (nSPS) is 11.6. The molecule has 0 aliphatic carbocycles. The minimum atomic E-state index is -4.05. The Morgan fingerprint density at radius 3 is 2.57 bits per heavy atom. The number of esters is 1. The van der Waals surface area contributed by atoms with Crippen LogP contribution in [0.1, 0.15) is 5.69 Å². The van der Waals surface area contributed by atoms with Crippen LogP contribution < -0.4 is 4.72 Å². The maximum atomic E-state index is 13.0. The summed E-state index contributed by atoms with van der Waals surface area (Å²) in [5.41, 5.74) is 1.43. The number of halogens is 3. The van der Waals surface area contributed by atoms with E-state index in [1.165, 1.54) is 25.3 Å². The highest BCUT2D eigenvalue weighted by Crippen LogP contribution is 2.36. The minimum Gasteiger partial charge on any atom is -0.468 e. The zero-order valence-corrected chi connectivity index (χ0v) is 17.9. The van der Waals surface area contributed by atoms with Gasteiger partial charge in [-0.15, -0.1) is 0 Å². The topological polar surface area (TPSA) is 77.4 Å². The number of rotatable bonds is 5. The number of nitrogens with one attached hydrogen (secondary N) is 1. The lowest BCUT2D eigenvalue weighted by atomic mass is 10.2. The average molecular weight is 462 g/mol. The molecule has 0 amide bonds. The second kappa shape index (κ2) is 7.83. The lowest BCUT2D eigenvalue weighted by Crippen LogP contribution is -2.15. The molecule has 0 saturated heterocycles. The Bertz CT molecular complexity index is 1190. The first-order valence-corrected chi connectivity index (χ1v) is 10.6. The molecule has 3 rings (SSSR count). The number of anilines is 1. The lowest BCUT2D eigenvalue weighted by molar-refractivity contribution is -0.141. The van der Waals surface area contributed by atoms with Gasteiger partial charge in [0.2, 0.25) is 0 Å². The third kappa shape index (κ3) is 3.80. The number of aromatic nitrogens is 1. The van der Waals surface area contributed by atoms with E-state index in [1.54, 1.807) is 29.7 Å². The number of carbonyl (C=O) groups is 1. The Morgan fingerprint density at radius 2 is 1.89 bits per heavy atom. The summed E-state index contributed by atoms with van der Waals surface area (Å²) in [6.45, 7) is 1.61. The number of ether oxygens (including phenoxy) is 1. The first-order chi connectivity index (χ1) is 13.2. The second-order valence-corrected chi connectivity index (χ2v) is 8.81. The molecule has 28 heavy (non-hydrogen) atoms. The van der Waals surface area contributed by atoms with Crippen LogP contribution in [0.25, 0.3) is 10.9 Å². The predicted octanol–water partition coefficient (Wildman–Crippen LogP) is 4.88. The molecule has 0 bridgehead atoms. The summed E-state index contributed by atoms with van der Waals surface area (Å²) in [6, 6.07) is 9.33. The van der Waals surface area contributed by atoms with Gasteiger partial charge < -0.3 is 9.30 Å². The maximum Gasteiger partial charge on any atom is 0.325 e. The Balaban J connectivity index is 2.17. The van der Waals surface area contributed by atoms with Gasteiger partial charge in [-0.25, -0.2) is 8.42 Å². The zero-order chi connectivity index (χ0) is 20.6. The van der Waals surface area contributed by atoms with E-state index in [0.29, 0.717) is 21.6 Å².